The number of primary amides is 1. The van der Waals surface area contributed by atoms with Crippen molar-refractivity contribution in [1.29, 1.82) is 0 Å². The lowest BCUT2D eigenvalue weighted by Gasteiger charge is -2.16. The number of likely N-dealkylation sites (N-methyl/N-ethyl adjacent to an activating group) is 1. The minimum Gasteiger partial charge on any atom is -0.379 e. The van der Waals surface area contributed by atoms with E-state index in [9.17, 15) is 9.59 Å². The lowest BCUT2D eigenvalue weighted by molar-refractivity contribution is -0.120. The summed E-state index contributed by atoms with van der Waals surface area (Å²) in [6.45, 7) is 0.919. The first-order chi connectivity index (χ1) is 9.11. The molecule has 1 saturated heterocycles. The van der Waals surface area contributed by atoms with E-state index in [1.807, 2.05) is 0 Å². The lowest BCUT2D eigenvalue weighted by Crippen LogP contribution is -2.39. The Bertz CT molecular complexity index is 490. The van der Waals surface area contributed by atoms with Crippen molar-refractivity contribution in [2.75, 3.05) is 25.6 Å². The number of hydrogen-bond acceptors (Lipinski definition) is 4. The van der Waals surface area contributed by atoms with Gasteiger partial charge in [-0.05, 0) is 25.2 Å². The molecule has 19 heavy (non-hydrogen) atoms. The summed E-state index contributed by atoms with van der Waals surface area (Å²) >= 11 is 0. The molecule has 0 aliphatic carbocycles. The Morgan fingerprint density at radius 2 is 2.16 bits per heavy atom. The summed E-state index contributed by atoms with van der Waals surface area (Å²) in [6, 6.07) is 6.57. The van der Waals surface area contributed by atoms with Crippen LogP contribution in [0.2, 0.25) is 0 Å². The predicted molar refractivity (Wildman–Crippen MR) is 70.7 cm³/mol. The number of rotatable bonds is 4. The van der Waals surface area contributed by atoms with Crippen LogP contribution in [0.1, 0.15) is 10.4 Å². The van der Waals surface area contributed by atoms with Gasteiger partial charge in [0.2, 0.25) is 11.8 Å². The highest BCUT2D eigenvalue weighted by molar-refractivity contribution is 5.97. The van der Waals surface area contributed by atoms with E-state index >= 15 is 0 Å². The highest BCUT2D eigenvalue weighted by Gasteiger charge is 2.32. The molecule has 6 heteroatoms. The van der Waals surface area contributed by atoms with Crippen LogP contribution in [0.5, 0.6) is 0 Å². The van der Waals surface area contributed by atoms with Crippen molar-refractivity contribution in [3.63, 3.8) is 0 Å². The van der Waals surface area contributed by atoms with Gasteiger partial charge in [0, 0.05) is 17.3 Å². The molecule has 0 spiro atoms. The van der Waals surface area contributed by atoms with Crippen LogP contribution in [0.3, 0.4) is 0 Å². The number of anilines is 1. The highest BCUT2D eigenvalue weighted by Crippen LogP contribution is 2.17. The molecule has 0 aromatic heterocycles. The second-order valence-electron chi connectivity index (χ2n) is 4.47. The number of nitrogens with two attached hydrogens (primary N) is 1. The average molecular weight is 263 g/mol. The van der Waals surface area contributed by atoms with Crippen LogP contribution in [-0.4, -0.2) is 38.1 Å². The number of hydrogen-bond donors (Lipinski definition) is 3. The van der Waals surface area contributed by atoms with E-state index in [1.54, 1.807) is 31.3 Å². The van der Waals surface area contributed by atoms with Crippen LogP contribution in [0.25, 0.3) is 0 Å². The summed E-state index contributed by atoms with van der Waals surface area (Å²) in [6.07, 6.45) is 0. The van der Waals surface area contributed by atoms with Crippen LogP contribution in [0.4, 0.5) is 5.69 Å². The van der Waals surface area contributed by atoms with Gasteiger partial charge in [-0.2, -0.15) is 0 Å². The van der Waals surface area contributed by atoms with Crippen molar-refractivity contribution >= 4 is 17.5 Å². The van der Waals surface area contributed by atoms with Crippen molar-refractivity contribution in [3.8, 4) is 0 Å². The van der Waals surface area contributed by atoms with Crippen LogP contribution >= 0.6 is 0 Å². The van der Waals surface area contributed by atoms with E-state index in [2.05, 4.69) is 10.6 Å². The Kier molecular flexibility index (Phi) is 4.13. The molecule has 6 nitrogen and oxygen atoms in total. The summed E-state index contributed by atoms with van der Waals surface area (Å²) in [4.78, 5) is 23.2. The summed E-state index contributed by atoms with van der Waals surface area (Å²) in [7, 11) is 1.80. The molecule has 1 aliphatic heterocycles. The van der Waals surface area contributed by atoms with E-state index in [0.29, 0.717) is 24.5 Å². The van der Waals surface area contributed by atoms with Crippen molar-refractivity contribution < 1.29 is 14.3 Å². The summed E-state index contributed by atoms with van der Waals surface area (Å²) < 4.78 is 5.28. The Hall–Kier alpha value is -1.92. The molecule has 0 saturated carbocycles. The molecule has 4 N–H and O–H groups in total. The molecular weight excluding hydrogens is 246 g/mol. The fourth-order valence-corrected chi connectivity index (χ4v) is 2.08. The van der Waals surface area contributed by atoms with Gasteiger partial charge < -0.3 is 21.1 Å². The van der Waals surface area contributed by atoms with Crippen molar-refractivity contribution in [1.82, 2.24) is 5.32 Å². The van der Waals surface area contributed by atoms with Crippen molar-refractivity contribution in [2.24, 2.45) is 11.7 Å². The van der Waals surface area contributed by atoms with Gasteiger partial charge in [-0.1, -0.05) is 6.07 Å². The molecule has 1 aliphatic rings. The minimum absolute atomic E-state index is 0.0133. The summed E-state index contributed by atoms with van der Waals surface area (Å²) in [5.41, 5.74) is 6.12. The third-order valence-electron chi connectivity index (χ3n) is 3.20. The number of benzene rings is 1. The normalized spacial score (nSPS) is 22.2. The maximum absolute atomic E-state index is 12.1. The smallest absolute Gasteiger partial charge is 0.248 e. The molecule has 2 rings (SSSR count). The molecule has 1 aromatic rings. The third kappa shape index (κ3) is 3.10. The Morgan fingerprint density at radius 1 is 1.37 bits per heavy atom. The molecule has 2 atom stereocenters. The lowest BCUT2D eigenvalue weighted by atomic mass is 10.0. The Labute approximate surface area is 111 Å². The van der Waals surface area contributed by atoms with Gasteiger partial charge in [-0.3, -0.25) is 9.59 Å². The first-order valence-electron chi connectivity index (χ1n) is 6.07. The molecular formula is C13H17N3O3. The number of nitrogens with one attached hydrogen (secondary N) is 2. The molecule has 0 bridgehead atoms. The van der Waals surface area contributed by atoms with Crippen LogP contribution in [-0.2, 0) is 9.53 Å². The van der Waals surface area contributed by atoms with Gasteiger partial charge in [0.1, 0.15) is 0 Å². The van der Waals surface area contributed by atoms with Gasteiger partial charge in [0.05, 0.1) is 19.1 Å². The molecule has 1 fully saturated rings. The topological polar surface area (TPSA) is 93.4 Å². The van der Waals surface area contributed by atoms with E-state index in [1.165, 1.54) is 0 Å². The maximum Gasteiger partial charge on any atom is 0.248 e. The second-order valence-corrected chi connectivity index (χ2v) is 4.47. The largest absolute Gasteiger partial charge is 0.379 e. The fraction of sp³-hybridized carbons (Fsp3) is 0.385. The summed E-state index contributed by atoms with van der Waals surface area (Å²) in [5.74, 6) is -0.880. The molecule has 0 radical (unpaired) electrons. The second kappa shape index (κ2) is 5.81. The van der Waals surface area contributed by atoms with Gasteiger partial charge >= 0.3 is 0 Å². The quantitative estimate of drug-likeness (QED) is 0.710. The van der Waals surface area contributed by atoms with Crippen LogP contribution in [0, 0.1) is 5.92 Å². The van der Waals surface area contributed by atoms with Gasteiger partial charge in [0.25, 0.3) is 0 Å². The standard InChI is InChI=1S/C13H17N3O3/c1-15-11-7-19-6-10(11)13(18)16-9-4-2-3-8(5-9)12(14)17/h2-5,10-11,15H,6-7H2,1H3,(H2,14,17)(H,16,18). The van der Waals surface area contributed by atoms with Crippen LogP contribution < -0.4 is 16.4 Å². The molecule has 2 unspecified atom stereocenters. The monoisotopic (exact) mass is 263 g/mol. The van der Waals surface area contributed by atoms with Crippen molar-refractivity contribution in [3.05, 3.63) is 29.8 Å². The fourth-order valence-electron chi connectivity index (χ4n) is 2.08. The molecule has 2 amide bonds. The SMILES string of the molecule is CNC1COCC1C(=O)Nc1cccc(C(N)=O)c1. The number of ether oxygens (including phenoxy) is 1. The molecule has 102 valence electrons. The Morgan fingerprint density at radius 3 is 2.84 bits per heavy atom. The molecule has 1 aromatic carbocycles. The predicted octanol–water partition coefficient (Wildman–Crippen LogP) is -0.0416. The van der Waals surface area contributed by atoms with E-state index in [0.717, 1.165) is 0 Å². The first-order valence-corrected chi connectivity index (χ1v) is 6.07. The summed E-state index contributed by atoms with van der Waals surface area (Å²) in [5, 5.41) is 5.83. The van der Waals surface area contributed by atoms with Crippen molar-refractivity contribution in [2.45, 2.75) is 6.04 Å². The zero-order valence-corrected chi connectivity index (χ0v) is 10.7. The number of amides is 2. The zero-order chi connectivity index (χ0) is 13.8. The number of carbonyl (C=O) groups is 2. The third-order valence-corrected chi connectivity index (χ3v) is 3.20. The average Bonchev–Trinajstić information content (AvgIpc) is 2.87. The van der Waals surface area contributed by atoms with E-state index in [-0.39, 0.29) is 17.9 Å². The van der Waals surface area contributed by atoms with E-state index in [4.69, 9.17) is 10.5 Å². The van der Waals surface area contributed by atoms with Crippen LogP contribution in [0.15, 0.2) is 24.3 Å². The maximum atomic E-state index is 12.1. The zero-order valence-electron chi connectivity index (χ0n) is 10.7. The highest BCUT2D eigenvalue weighted by atomic mass is 16.5. The van der Waals surface area contributed by atoms with Gasteiger partial charge in [0.15, 0.2) is 0 Å². The molecule has 1 heterocycles. The number of carbonyl (C=O) groups excluding carboxylic acids is 2. The first kappa shape index (κ1) is 13.5. The van der Waals surface area contributed by atoms with Gasteiger partial charge in [-0.25, -0.2) is 0 Å². The van der Waals surface area contributed by atoms with E-state index < -0.39 is 5.91 Å². The Balaban J connectivity index is 2.06. The van der Waals surface area contributed by atoms with Gasteiger partial charge in [-0.15, -0.1) is 0 Å². The minimum atomic E-state index is -0.520.